The average molecular weight is 1120 g/mol. The summed E-state index contributed by atoms with van der Waals surface area (Å²) in [6.07, 6.45) is 6.87. The van der Waals surface area contributed by atoms with E-state index in [0.29, 0.717) is 56.8 Å². The van der Waals surface area contributed by atoms with Gasteiger partial charge in [-0.1, -0.05) is 140 Å². The normalized spacial score (nSPS) is 12.4. The van der Waals surface area contributed by atoms with Gasteiger partial charge in [0.2, 0.25) is 0 Å². The number of hydrogen-bond donors (Lipinski definition) is 8. The van der Waals surface area contributed by atoms with E-state index in [9.17, 15) is 19.2 Å². The lowest BCUT2D eigenvalue weighted by molar-refractivity contribution is -0.113. The maximum absolute atomic E-state index is 14.2. The summed E-state index contributed by atoms with van der Waals surface area (Å²) in [7, 11) is 0. The second-order valence-electron chi connectivity index (χ2n) is 20.7. The molecule has 0 unspecified atom stereocenters. The minimum Gasteiger partial charge on any atom is -0.355 e. The lowest BCUT2D eigenvalue weighted by Crippen LogP contribution is -2.21. The van der Waals surface area contributed by atoms with Gasteiger partial charge in [0.05, 0.1) is 0 Å². The maximum Gasteiger partial charge on any atom is 0.255 e. The van der Waals surface area contributed by atoms with Crippen molar-refractivity contribution in [1.29, 1.82) is 0 Å². The van der Waals surface area contributed by atoms with E-state index < -0.39 is 0 Å². The summed E-state index contributed by atoms with van der Waals surface area (Å²) in [5.74, 6) is -1.08. The Kier molecular flexibility index (Phi) is 16.0. The van der Waals surface area contributed by atoms with Gasteiger partial charge in [0.1, 0.15) is 0 Å². The Morgan fingerprint density at radius 3 is 1.46 bits per heavy atom. The molecule has 1 aliphatic rings. The third-order valence-electron chi connectivity index (χ3n) is 15.1. The third kappa shape index (κ3) is 11.8. The van der Waals surface area contributed by atoms with Crippen LogP contribution in [0, 0.1) is 13.8 Å². The van der Waals surface area contributed by atoms with Crippen molar-refractivity contribution in [2.24, 2.45) is 0 Å². The number of nitrogens with one attached hydrogen (secondary N) is 8. The lowest BCUT2D eigenvalue weighted by Gasteiger charge is -2.15. The highest BCUT2D eigenvalue weighted by molar-refractivity contribution is 6.09. The molecule has 4 aromatic heterocycles. The number of anilines is 4. The highest BCUT2D eigenvalue weighted by Crippen LogP contribution is 2.33. The van der Waals surface area contributed by atoms with E-state index >= 15 is 0 Å². The first-order valence-corrected chi connectivity index (χ1v) is 28.0. The second-order valence-corrected chi connectivity index (χ2v) is 20.7. The van der Waals surface area contributed by atoms with Crippen molar-refractivity contribution < 1.29 is 19.2 Å². The molecule has 0 atom stereocenters. The van der Waals surface area contributed by atoms with Crippen LogP contribution in [0.1, 0.15) is 90.7 Å². The Labute approximate surface area is 492 Å². The Hall–Kier alpha value is -11.2. The molecule has 12 heteroatoms. The number of aryl methyl sites for hydroxylation is 2. The zero-order chi connectivity index (χ0) is 59.1. The van der Waals surface area contributed by atoms with E-state index in [1.165, 1.54) is 12.2 Å². The Morgan fingerprint density at radius 1 is 0.424 bits per heavy atom. The van der Waals surface area contributed by atoms with Crippen LogP contribution in [0.25, 0.3) is 22.3 Å². The molecule has 8 N–H and O–H groups in total. The standard InChI is InChI=1S/C73H62N8O4/c1-7-46(8-2)70(82)74-52-26-19-23-49(42-52)67-61-34-32-59(75-61)55(43-48-22-11-14-29-56(48)79-72(84)50-24-17-20-44(5)40-50)60-33-35-63(76-60)68(54-28-13-16-31-58(54)81-73(85)51-25-18-21-45(6)41-51)65-38-39-66(78-65)69(64-37-36-62(67)77-64)53-27-12-15-30-57(53)80-71(83)47(9-3)10-4/h7-42,75-78H,1,3,43H2,2,4-6H3,(H,74,82)(H,79,84)(H,80,83)(H,81,85). The van der Waals surface area contributed by atoms with Gasteiger partial charge in [-0.15, -0.1) is 0 Å². The molecule has 1 aliphatic heterocycles. The van der Waals surface area contributed by atoms with E-state index in [0.717, 1.165) is 94.5 Å². The zero-order valence-electron chi connectivity index (χ0n) is 47.5. The van der Waals surface area contributed by atoms with Crippen LogP contribution in [-0.4, -0.2) is 43.6 Å². The monoisotopic (exact) mass is 1110 g/mol. The van der Waals surface area contributed by atoms with Crippen LogP contribution in [0.15, 0.2) is 243 Å². The van der Waals surface area contributed by atoms with Crippen molar-refractivity contribution in [3.63, 3.8) is 0 Å². The maximum atomic E-state index is 14.2. The first-order chi connectivity index (χ1) is 41.4. The Bertz CT molecular complexity index is 4650. The van der Waals surface area contributed by atoms with Crippen molar-refractivity contribution in [3.05, 3.63) is 331 Å². The molecular formula is C73H62N8O4. The Balaban J connectivity index is 1.19. The fourth-order valence-corrected chi connectivity index (χ4v) is 10.9. The molecule has 0 fully saturated rings. The molecule has 0 radical (unpaired) electrons. The van der Waals surface area contributed by atoms with Crippen molar-refractivity contribution >= 4 is 68.7 Å². The number of hydrogen-bond acceptors (Lipinski definition) is 4. The number of carbonyl (C=O) groups is 4. The summed E-state index contributed by atoms with van der Waals surface area (Å²) in [6, 6.07) is 62.3. The number of H-pyrrole nitrogens is 4. The molecule has 12 nitrogen and oxygen atoms in total. The van der Waals surface area contributed by atoms with E-state index in [1.54, 1.807) is 32.1 Å². The van der Waals surface area contributed by atoms with E-state index in [1.807, 2.05) is 184 Å². The number of carbonyl (C=O) groups excluding carboxylic acids is 4. The number of benzene rings is 6. The fraction of sp³-hybridized carbons (Fsp3) is 0.0685. The molecule has 0 aliphatic carbocycles. The van der Waals surface area contributed by atoms with Crippen LogP contribution in [-0.2, 0) is 16.0 Å². The van der Waals surface area contributed by atoms with E-state index in [-0.39, 0.29) is 23.6 Å². The SMILES string of the molecule is C=CC(=CC)C(=O)Nc1cccc(C2=c3ccc([nH]3)=C(Cc3ccccc3NC(=O)c3cccc(C)c3)c3ccc([nH]3)C(c3ccccc3NC(=O)c3cccc(C)c3)=c3ccc([nH]3)=C(c3ccccc3NC(=O)C(C=C)=CC)c3ccc2[nH]3)c1. The quantitative estimate of drug-likeness (QED) is 0.0376. The summed E-state index contributed by atoms with van der Waals surface area (Å²) < 4.78 is 0. The smallest absolute Gasteiger partial charge is 0.255 e. The topological polar surface area (TPSA) is 180 Å². The van der Waals surface area contributed by atoms with Crippen LogP contribution >= 0.6 is 0 Å². The lowest BCUT2D eigenvalue weighted by atomic mass is 10.00. The van der Waals surface area contributed by atoms with Gasteiger partial charge in [0.15, 0.2) is 0 Å². The van der Waals surface area contributed by atoms with Gasteiger partial charge in [-0.3, -0.25) is 19.2 Å². The fourth-order valence-electron chi connectivity index (χ4n) is 10.9. The number of aromatic amines is 4. The van der Waals surface area contributed by atoms with Crippen LogP contribution in [0.3, 0.4) is 0 Å². The molecular weight excluding hydrogens is 1050 g/mol. The van der Waals surface area contributed by atoms with Crippen molar-refractivity contribution in [2.45, 2.75) is 34.1 Å². The molecule has 0 saturated heterocycles. The first kappa shape index (κ1) is 55.7. The number of rotatable bonds is 15. The molecule has 11 rings (SSSR count). The summed E-state index contributed by atoms with van der Waals surface area (Å²) >= 11 is 0. The molecule has 0 saturated carbocycles. The molecule has 0 spiro atoms. The predicted molar refractivity (Wildman–Crippen MR) is 342 cm³/mol. The van der Waals surface area contributed by atoms with Gasteiger partial charge in [0.25, 0.3) is 23.6 Å². The van der Waals surface area contributed by atoms with Crippen molar-refractivity contribution in [2.75, 3.05) is 21.3 Å². The first-order valence-electron chi connectivity index (χ1n) is 28.0. The predicted octanol–water partition coefficient (Wildman–Crippen LogP) is 11.8. The highest BCUT2D eigenvalue weighted by Gasteiger charge is 2.23. The number of aromatic nitrogens is 4. The number of fused-ring (bicyclic) bond motifs is 8. The number of allylic oxidation sites excluding steroid dienone is 2. The van der Waals surface area contributed by atoms with Crippen LogP contribution < -0.4 is 42.7 Å². The zero-order valence-corrected chi connectivity index (χ0v) is 47.5. The average Bonchev–Trinajstić information content (AvgIpc) is 3.50. The summed E-state index contributed by atoms with van der Waals surface area (Å²) in [5.41, 5.74) is 15.6. The van der Waals surface area contributed by atoms with Gasteiger partial charge in [-0.25, -0.2) is 0 Å². The van der Waals surface area contributed by atoms with E-state index in [2.05, 4.69) is 72.6 Å². The highest BCUT2D eigenvalue weighted by atomic mass is 16.2. The summed E-state index contributed by atoms with van der Waals surface area (Å²) in [4.78, 5) is 70.9. The second kappa shape index (κ2) is 24.5. The summed E-state index contributed by atoms with van der Waals surface area (Å²) in [5, 5.41) is 15.7. The van der Waals surface area contributed by atoms with Crippen molar-refractivity contribution in [1.82, 2.24) is 19.9 Å². The van der Waals surface area contributed by atoms with Gasteiger partial charge in [0, 0.05) is 129 Å². The van der Waals surface area contributed by atoms with Crippen LogP contribution in [0.5, 0.6) is 0 Å². The third-order valence-corrected chi connectivity index (χ3v) is 15.1. The molecule has 10 aromatic rings. The molecule has 6 aromatic carbocycles. The molecule has 5 heterocycles. The molecule has 8 bridgehead atoms. The number of para-hydroxylation sites is 3. The number of amides is 4. The Morgan fingerprint density at radius 2 is 0.882 bits per heavy atom. The van der Waals surface area contributed by atoms with Gasteiger partial charge >= 0.3 is 0 Å². The van der Waals surface area contributed by atoms with E-state index in [4.69, 9.17) is 0 Å². The molecule has 4 amide bonds. The van der Waals surface area contributed by atoms with Crippen molar-refractivity contribution in [3.8, 4) is 0 Å². The van der Waals surface area contributed by atoms with Gasteiger partial charge < -0.3 is 41.2 Å². The van der Waals surface area contributed by atoms with Gasteiger partial charge in [-0.05, 0) is 142 Å². The minimum absolute atomic E-state index is 0.222. The van der Waals surface area contributed by atoms with Crippen LogP contribution in [0.2, 0.25) is 0 Å². The van der Waals surface area contributed by atoms with Gasteiger partial charge in [-0.2, -0.15) is 0 Å². The largest absolute Gasteiger partial charge is 0.355 e. The summed E-state index contributed by atoms with van der Waals surface area (Å²) in [6.45, 7) is 15.3. The molecule has 85 heavy (non-hydrogen) atoms. The molecule has 418 valence electrons. The minimum atomic E-state index is -0.313. The van der Waals surface area contributed by atoms with Crippen LogP contribution in [0.4, 0.5) is 22.7 Å².